The molecular weight excluding hydrogens is 185 g/mol. The minimum Gasteiger partial charge on any atom is -0.372 e. The molecule has 15 heavy (non-hydrogen) atoms. The van der Waals surface area contributed by atoms with Crippen LogP contribution in [0.15, 0.2) is 24.3 Å². The highest BCUT2D eigenvalue weighted by Gasteiger charge is 2.21. The van der Waals surface area contributed by atoms with Crippen LogP contribution in [0, 0.1) is 0 Å². The second-order valence-electron chi connectivity index (χ2n) is 4.25. The summed E-state index contributed by atoms with van der Waals surface area (Å²) < 4.78 is 5.70. The van der Waals surface area contributed by atoms with Gasteiger partial charge in [-0.3, -0.25) is 0 Å². The molecule has 2 nitrogen and oxygen atoms in total. The zero-order chi connectivity index (χ0) is 10.8. The first-order chi connectivity index (χ1) is 7.15. The SMILES string of the molecule is [B]c1ccc(N2C[C@@H](C)O[C@@H](C)C2)cc1. The van der Waals surface area contributed by atoms with Crippen molar-refractivity contribution in [3.05, 3.63) is 24.3 Å². The normalized spacial score (nSPS) is 26.7. The van der Waals surface area contributed by atoms with Crippen LogP contribution in [-0.4, -0.2) is 33.1 Å². The topological polar surface area (TPSA) is 12.5 Å². The van der Waals surface area contributed by atoms with Gasteiger partial charge in [-0.1, -0.05) is 17.6 Å². The molecule has 0 bridgehead atoms. The van der Waals surface area contributed by atoms with Crippen LogP contribution in [-0.2, 0) is 4.74 Å². The third-order valence-corrected chi connectivity index (χ3v) is 2.68. The molecule has 2 atom stereocenters. The van der Waals surface area contributed by atoms with E-state index in [2.05, 4.69) is 30.9 Å². The Hall–Kier alpha value is -0.955. The van der Waals surface area contributed by atoms with Crippen molar-refractivity contribution in [1.82, 2.24) is 0 Å². The molecule has 0 saturated carbocycles. The van der Waals surface area contributed by atoms with Gasteiger partial charge in [0.1, 0.15) is 7.85 Å². The van der Waals surface area contributed by atoms with E-state index in [1.165, 1.54) is 5.69 Å². The summed E-state index contributed by atoms with van der Waals surface area (Å²) in [6, 6.07) is 8.03. The van der Waals surface area contributed by atoms with E-state index < -0.39 is 0 Å². The lowest BCUT2D eigenvalue weighted by atomic mass is 9.96. The number of hydrogen-bond acceptors (Lipinski definition) is 2. The van der Waals surface area contributed by atoms with E-state index in [1.54, 1.807) is 0 Å². The number of ether oxygens (including phenoxy) is 1. The molecule has 1 aliphatic heterocycles. The van der Waals surface area contributed by atoms with Gasteiger partial charge in [0.25, 0.3) is 0 Å². The molecule has 2 rings (SSSR count). The van der Waals surface area contributed by atoms with E-state index in [-0.39, 0.29) is 0 Å². The van der Waals surface area contributed by atoms with E-state index in [4.69, 9.17) is 12.6 Å². The smallest absolute Gasteiger partial charge is 0.113 e. The second-order valence-corrected chi connectivity index (χ2v) is 4.25. The molecule has 2 radical (unpaired) electrons. The zero-order valence-electron chi connectivity index (χ0n) is 9.31. The quantitative estimate of drug-likeness (QED) is 0.630. The Morgan fingerprint density at radius 2 is 1.67 bits per heavy atom. The van der Waals surface area contributed by atoms with E-state index >= 15 is 0 Å². The Balaban J connectivity index is 2.12. The lowest BCUT2D eigenvalue weighted by Gasteiger charge is -2.36. The summed E-state index contributed by atoms with van der Waals surface area (Å²) in [5, 5.41) is 0. The Labute approximate surface area is 92.6 Å². The van der Waals surface area contributed by atoms with Crippen LogP contribution in [0.25, 0.3) is 0 Å². The fourth-order valence-corrected chi connectivity index (χ4v) is 2.07. The van der Waals surface area contributed by atoms with Crippen molar-refractivity contribution in [2.24, 2.45) is 0 Å². The van der Waals surface area contributed by atoms with Gasteiger partial charge in [0.2, 0.25) is 0 Å². The van der Waals surface area contributed by atoms with Crippen molar-refractivity contribution in [3.63, 3.8) is 0 Å². The third-order valence-electron chi connectivity index (χ3n) is 2.68. The fraction of sp³-hybridized carbons (Fsp3) is 0.500. The number of nitrogens with zero attached hydrogens (tertiary/aromatic N) is 1. The standard InChI is InChI=1S/C12H16BNO/c1-9-7-14(8-10(2)15-9)12-5-3-11(13)4-6-12/h3-6,9-10H,7-8H2,1-2H3/t9-,10+. The predicted molar refractivity (Wildman–Crippen MR) is 64.1 cm³/mol. The molecule has 0 aliphatic carbocycles. The molecule has 0 unspecified atom stereocenters. The third kappa shape index (κ3) is 2.54. The van der Waals surface area contributed by atoms with Crippen LogP contribution in [0.4, 0.5) is 5.69 Å². The molecule has 0 N–H and O–H groups in total. The highest BCUT2D eigenvalue weighted by molar-refractivity contribution is 6.32. The molecule has 1 heterocycles. The van der Waals surface area contributed by atoms with Gasteiger partial charge in [-0.15, -0.1) is 0 Å². The highest BCUT2D eigenvalue weighted by atomic mass is 16.5. The lowest BCUT2D eigenvalue weighted by Crippen LogP contribution is -2.45. The van der Waals surface area contributed by atoms with Gasteiger partial charge in [-0.2, -0.15) is 0 Å². The van der Waals surface area contributed by atoms with Crippen molar-refractivity contribution in [2.75, 3.05) is 18.0 Å². The Kier molecular flexibility index (Phi) is 3.01. The maximum atomic E-state index is 5.70. The molecule has 3 heteroatoms. The van der Waals surface area contributed by atoms with E-state index in [1.807, 2.05) is 12.1 Å². The minimum absolute atomic E-state index is 0.298. The maximum absolute atomic E-state index is 5.70. The molecule has 1 fully saturated rings. The number of rotatable bonds is 1. The summed E-state index contributed by atoms with van der Waals surface area (Å²) in [4.78, 5) is 2.35. The van der Waals surface area contributed by atoms with E-state index in [0.717, 1.165) is 18.6 Å². The lowest BCUT2D eigenvalue weighted by molar-refractivity contribution is -0.00521. The summed E-state index contributed by atoms with van der Waals surface area (Å²) >= 11 is 0. The summed E-state index contributed by atoms with van der Waals surface area (Å²) in [7, 11) is 5.67. The van der Waals surface area contributed by atoms with Crippen molar-refractivity contribution >= 4 is 19.0 Å². The van der Waals surface area contributed by atoms with Gasteiger partial charge >= 0.3 is 0 Å². The Morgan fingerprint density at radius 3 is 2.20 bits per heavy atom. The second kappa shape index (κ2) is 4.27. The largest absolute Gasteiger partial charge is 0.372 e. The Morgan fingerprint density at radius 1 is 1.13 bits per heavy atom. The highest BCUT2D eigenvalue weighted by Crippen LogP contribution is 2.18. The van der Waals surface area contributed by atoms with Crippen LogP contribution in [0.3, 0.4) is 0 Å². The molecule has 1 aliphatic rings. The number of benzene rings is 1. The minimum atomic E-state index is 0.298. The van der Waals surface area contributed by atoms with Gasteiger partial charge in [0.05, 0.1) is 12.2 Å². The number of anilines is 1. The molecule has 78 valence electrons. The Bertz CT molecular complexity index is 315. The first-order valence-corrected chi connectivity index (χ1v) is 5.41. The summed E-state index contributed by atoms with van der Waals surface area (Å²) in [5.41, 5.74) is 2.04. The fourth-order valence-electron chi connectivity index (χ4n) is 2.07. The van der Waals surface area contributed by atoms with Crippen molar-refractivity contribution in [3.8, 4) is 0 Å². The van der Waals surface area contributed by atoms with Crippen LogP contribution in [0.5, 0.6) is 0 Å². The summed E-state index contributed by atoms with van der Waals surface area (Å²) in [6.07, 6.45) is 0.595. The number of hydrogen-bond donors (Lipinski definition) is 0. The van der Waals surface area contributed by atoms with E-state index in [9.17, 15) is 0 Å². The predicted octanol–water partition coefficient (Wildman–Crippen LogP) is 1.09. The molecule has 1 aromatic carbocycles. The van der Waals surface area contributed by atoms with E-state index in [0.29, 0.717) is 12.2 Å². The average molecular weight is 201 g/mol. The van der Waals surface area contributed by atoms with Crippen molar-refractivity contribution in [1.29, 1.82) is 0 Å². The summed E-state index contributed by atoms with van der Waals surface area (Å²) in [5.74, 6) is 0. The zero-order valence-corrected chi connectivity index (χ0v) is 9.31. The van der Waals surface area contributed by atoms with Gasteiger partial charge in [-0.25, -0.2) is 0 Å². The first kappa shape index (κ1) is 10.6. The van der Waals surface area contributed by atoms with Crippen molar-refractivity contribution in [2.45, 2.75) is 26.1 Å². The molecular formula is C12H16BNO. The van der Waals surface area contributed by atoms with Crippen LogP contribution in [0.1, 0.15) is 13.8 Å². The molecule has 1 aromatic rings. The molecule has 0 amide bonds. The van der Waals surface area contributed by atoms with Gasteiger partial charge in [-0.05, 0) is 26.0 Å². The number of morpholine rings is 1. The van der Waals surface area contributed by atoms with Crippen molar-refractivity contribution < 1.29 is 4.74 Å². The maximum Gasteiger partial charge on any atom is 0.113 e. The van der Waals surface area contributed by atoms with Crippen LogP contribution >= 0.6 is 0 Å². The first-order valence-electron chi connectivity index (χ1n) is 5.41. The average Bonchev–Trinajstić information content (AvgIpc) is 2.17. The molecule has 0 spiro atoms. The van der Waals surface area contributed by atoms with Gasteiger partial charge in [0, 0.05) is 18.8 Å². The van der Waals surface area contributed by atoms with Crippen LogP contribution < -0.4 is 10.4 Å². The monoisotopic (exact) mass is 201 g/mol. The summed E-state index contributed by atoms with van der Waals surface area (Å²) in [6.45, 7) is 6.13. The van der Waals surface area contributed by atoms with Gasteiger partial charge < -0.3 is 9.64 Å². The molecule has 0 aromatic heterocycles. The van der Waals surface area contributed by atoms with Gasteiger partial charge in [0.15, 0.2) is 0 Å². The molecule has 1 saturated heterocycles. The van der Waals surface area contributed by atoms with Crippen LogP contribution in [0.2, 0.25) is 0 Å².